The van der Waals surface area contributed by atoms with Crippen molar-refractivity contribution >= 4 is 28.4 Å². The van der Waals surface area contributed by atoms with Crippen LogP contribution >= 0.6 is 0 Å². The average Bonchev–Trinajstić information content (AvgIpc) is 3.22. The Kier molecular flexibility index (Phi) is 4.47. The van der Waals surface area contributed by atoms with Crippen LogP contribution in [-0.4, -0.2) is 28.6 Å². The van der Waals surface area contributed by atoms with Crippen molar-refractivity contribution in [3.8, 4) is 5.69 Å². The molecule has 0 saturated carbocycles. The lowest BCUT2D eigenvalue weighted by Crippen LogP contribution is -2.11. The second kappa shape index (κ2) is 7.30. The molecule has 1 aliphatic carbocycles. The Balaban J connectivity index is 1.56. The Bertz CT molecular complexity index is 1290. The highest BCUT2D eigenvalue weighted by atomic mass is 16.1. The topological polar surface area (TPSA) is 63.1 Å². The minimum atomic E-state index is -0.0794. The van der Waals surface area contributed by atoms with Crippen molar-refractivity contribution in [1.82, 2.24) is 14.5 Å². The van der Waals surface area contributed by atoms with Crippen molar-refractivity contribution in [3.05, 3.63) is 82.3 Å². The summed E-state index contributed by atoms with van der Waals surface area (Å²) in [5, 5.41) is 3.75. The number of aromatic nitrogens is 3. The standard InChI is InChI=1S/C24H23N5O/c1-28(2)19-10-7-18(8-11-19)26-24-25-15-21-22(30)12-13-29(23(21)27-24)20-9-6-16-4-3-5-17(16)14-20/h6-15H,3-5H2,1-2H3,(H,25,26,27). The van der Waals surface area contributed by atoms with Crippen LogP contribution in [0.3, 0.4) is 0 Å². The van der Waals surface area contributed by atoms with Gasteiger partial charge in [-0.05, 0) is 66.8 Å². The van der Waals surface area contributed by atoms with E-state index >= 15 is 0 Å². The van der Waals surface area contributed by atoms with Gasteiger partial charge in [-0.3, -0.25) is 4.79 Å². The Morgan fingerprint density at radius 3 is 2.60 bits per heavy atom. The van der Waals surface area contributed by atoms with Gasteiger partial charge in [-0.1, -0.05) is 6.07 Å². The van der Waals surface area contributed by atoms with Gasteiger partial charge in [0.1, 0.15) is 0 Å². The third-order valence-electron chi connectivity index (χ3n) is 5.64. The fraction of sp³-hybridized carbons (Fsp3) is 0.208. The van der Waals surface area contributed by atoms with Gasteiger partial charge in [0.05, 0.1) is 5.39 Å². The zero-order valence-electron chi connectivity index (χ0n) is 17.1. The molecule has 0 spiro atoms. The van der Waals surface area contributed by atoms with Gasteiger partial charge in [0.25, 0.3) is 0 Å². The SMILES string of the molecule is CN(C)c1ccc(Nc2ncc3c(=O)ccn(-c4ccc5c(c4)CCC5)c3n2)cc1. The van der Waals surface area contributed by atoms with Crippen molar-refractivity contribution in [2.24, 2.45) is 0 Å². The first-order valence-electron chi connectivity index (χ1n) is 10.1. The quantitative estimate of drug-likeness (QED) is 0.562. The van der Waals surface area contributed by atoms with Gasteiger partial charge in [-0.15, -0.1) is 0 Å². The van der Waals surface area contributed by atoms with Gasteiger partial charge >= 0.3 is 0 Å². The molecule has 2 aromatic carbocycles. The summed E-state index contributed by atoms with van der Waals surface area (Å²) < 4.78 is 1.97. The summed E-state index contributed by atoms with van der Waals surface area (Å²) in [5.41, 5.74) is 6.34. The van der Waals surface area contributed by atoms with E-state index in [-0.39, 0.29) is 5.43 Å². The average molecular weight is 397 g/mol. The van der Waals surface area contributed by atoms with Crippen LogP contribution in [0.5, 0.6) is 0 Å². The molecule has 0 bridgehead atoms. The van der Waals surface area contributed by atoms with Crippen LogP contribution < -0.4 is 15.6 Å². The predicted molar refractivity (Wildman–Crippen MR) is 121 cm³/mol. The first-order chi connectivity index (χ1) is 14.6. The number of nitrogens with one attached hydrogen (secondary N) is 1. The minimum Gasteiger partial charge on any atom is -0.378 e. The van der Waals surface area contributed by atoms with Crippen LogP contribution in [0, 0.1) is 0 Å². The molecule has 6 nitrogen and oxygen atoms in total. The van der Waals surface area contributed by atoms with E-state index in [0.717, 1.165) is 29.9 Å². The Morgan fingerprint density at radius 1 is 1.00 bits per heavy atom. The molecule has 0 amide bonds. The summed E-state index contributed by atoms with van der Waals surface area (Å²) in [4.78, 5) is 23.5. The minimum absolute atomic E-state index is 0.0794. The van der Waals surface area contributed by atoms with E-state index in [1.165, 1.54) is 17.5 Å². The molecule has 2 heterocycles. The van der Waals surface area contributed by atoms with Crippen molar-refractivity contribution < 1.29 is 0 Å². The highest BCUT2D eigenvalue weighted by Crippen LogP contribution is 2.26. The molecule has 0 atom stereocenters. The van der Waals surface area contributed by atoms with E-state index in [2.05, 4.69) is 33.5 Å². The molecule has 1 N–H and O–H groups in total. The maximum Gasteiger partial charge on any atom is 0.229 e. The molecule has 30 heavy (non-hydrogen) atoms. The van der Waals surface area contributed by atoms with Crippen LogP contribution in [0.4, 0.5) is 17.3 Å². The number of hydrogen-bond donors (Lipinski definition) is 1. The molecule has 4 aromatic rings. The highest BCUT2D eigenvalue weighted by Gasteiger charge is 2.14. The maximum absolute atomic E-state index is 12.4. The lowest BCUT2D eigenvalue weighted by atomic mass is 10.1. The van der Waals surface area contributed by atoms with Gasteiger partial charge in [0.15, 0.2) is 11.1 Å². The summed E-state index contributed by atoms with van der Waals surface area (Å²) in [6.07, 6.45) is 6.84. The molecule has 0 fully saturated rings. The van der Waals surface area contributed by atoms with Gasteiger partial charge < -0.3 is 14.8 Å². The van der Waals surface area contributed by atoms with E-state index in [4.69, 9.17) is 0 Å². The number of pyridine rings is 1. The van der Waals surface area contributed by atoms with Crippen LogP contribution in [0.15, 0.2) is 65.7 Å². The molecule has 0 aliphatic heterocycles. The maximum atomic E-state index is 12.4. The van der Waals surface area contributed by atoms with E-state index in [1.54, 1.807) is 18.5 Å². The number of anilines is 3. The van der Waals surface area contributed by atoms with E-state index < -0.39 is 0 Å². The Labute approximate surface area is 174 Å². The smallest absolute Gasteiger partial charge is 0.229 e. The molecule has 0 unspecified atom stereocenters. The molecular weight excluding hydrogens is 374 g/mol. The largest absolute Gasteiger partial charge is 0.378 e. The summed E-state index contributed by atoms with van der Waals surface area (Å²) in [7, 11) is 4.01. The third-order valence-corrected chi connectivity index (χ3v) is 5.64. The molecule has 0 radical (unpaired) electrons. The van der Waals surface area contributed by atoms with Crippen molar-refractivity contribution in [1.29, 1.82) is 0 Å². The summed E-state index contributed by atoms with van der Waals surface area (Å²) in [6, 6.07) is 16.1. The Hall–Kier alpha value is -3.67. The number of nitrogens with zero attached hydrogens (tertiary/aromatic N) is 4. The number of benzene rings is 2. The molecule has 1 aliphatic rings. The van der Waals surface area contributed by atoms with E-state index in [9.17, 15) is 4.79 Å². The van der Waals surface area contributed by atoms with Crippen LogP contribution in [0.2, 0.25) is 0 Å². The van der Waals surface area contributed by atoms with Crippen LogP contribution in [0.25, 0.3) is 16.7 Å². The second-order valence-electron chi connectivity index (χ2n) is 7.85. The molecule has 150 valence electrons. The zero-order chi connectivity index (χ0) is 20.7. The number of hydrogen-bond acceptors (Lipinski definition) is 5. The highest BCUT2D eigenvalue weighted by molar-refractivity contribution is 5.77. The van der Waals surface area contributed by atoms with Gasteiger partial charge in [-0.2, -0.15) is 4.98 Å². The van der Waals surface area contributed by atoms with Crippen LogP contribution in [0.1, 0.15) is 17.5 Å². The lowest BCUT2D eigenvalue weighted by molar-refractivity contribution is 0.911. The Morgan fingerprint density at radius 2 is 1.80 bits per heavy atom. The summed E-state index contributed by atoms with van der Waals surface area (Å²) in [6.45, 7) is 0. The molecule has 2 aromatic heterocycles. The van der Waals surface area contributed by atoms with Gasteiger partial charge in [-0.25, -0.2) is 4.98 Å². The van der Waals surface area contributed by atoms with E-state index in [1.807, 2.05) is 47.8 Å². The second-order valence-corrected chi connectivity index (χ2v) is 7.85. The first-order valence-corrected chi connectivity index (χ1v) is 10.1. The number of rotatable bonds is 4. The molecule has 0 saturated heterocycles. The van der Waals surface area contributed by atoms with Crippen molar-refractivity contribution in [3.63, 3.8) is 0 Å². The number of aryl methyl sites for hydroxylation is 2. The summed E-state index contributed by atoms with van der Waals surface area (Å²) in [5.74, 6) is 0.459. The normalized spacial score (nSPS) is 12.7. The van der Waals surface area contributed by atoms with Crippen molar-refractivity contribution in [2.75, 3.05) is 24.3 Å². The fourth-order valence-corrected chi connectivity index (χ4v) is 3.98. The van der Waals surface area contributed by atoms with Gasteiger partial charge in [0.2, 0.25) is 5.95 Å². The fourth-order valence-electron chi connectivity index (χ4n) is 3.98. The molecule has 6 heteroatoms. The monoisotopic (exact) mass is 397 g/mol. The van der Waals surface area contributed by atoms with Gasteiger partial charge in [0, 0.05) is 49.6 Å². The third kappa shape index (κ3) is 3.30. The number of fused-ring (bicyclic) bond motifs is 2. The van der Waals surface area contributed by atoms with Crippen LogP contribution in [-0.2, 0) is 12.8 Å². The molecule has 5 rings (SSSR count). The van der Waals surface area contributed by atoms with E-state index in [0.29, 0.717) is 17.0 Å². The van der Waals surface area contributed by atoms with Crippen molar-refractivity contribution in [2.45, 2.75) is 19.3 Å². The predicted octanol–water partition coefficient (Wildman–Crippen LogP) is 4.08. The first kappa shape index (κ1) is 18.4. The summed E-state index contributed by atoms with van der Waals surface area (Å²) >= 11 is 0. The zero-order valence-corrected chi connectivity index (χ0v) is 17.1. The lowest BCUT2D eigenvalue weighted by Gasteiger charge is -2.14. The molecular formula is C24H23N5O.